The van der Waals surface area contributed by atoms with Gasteiger partial charge in [-0.25, -0.2) is 0 Å². The summed E-state index contributed by atoms with van der Waals surface area (Å²) in [5.41, 5.74) is 0. The smallest absolute Gasteiger partial charge is 0.478 e. The molecule has 0 spiro atoms. The Morgan fingerprint density at radius 2 is 2.62 bits per heavy atom. The summed E-state index contributed by atoms with van der Waals surface area (Å²) in [7, 11) is 0. The Bertz CT molecular complexity index is 165. The van der Waals surface area contributed by atoms with Gasteiger partial charge in [0.1, 0.15) is 0 Å². The molecule has 1 aliphatic rings. The van der Waals surface area contributed by atoms with Gasteiger partial charge in [-0.15, -0.1) is 4.42 Å². The molecule has 0 saturated carbocycles. The van der Waals surface area contributed by atoms with Crippen LogP contribution in [0.3, 0.4) is 0 Å². The van der Waals surface area contributed by atoms with E-state index in [1.807, 2.05) is 0 Å². The third kappa shape index (κ3) is 0.729. The lowest BCUT2D eigenvalue weighted by Crippen LogP contribution is -2.03. The molecule has 0 atom stereocenters. The standard InChI is InChI=1S/C6H5O2/c1-5(7)6-3-2-4-8-6/h2-4H,1H2/q+1. The van der Waals surface area contributed by atoms with Gasteiger partial charge >= 0.3 is 12.0 Å². The van der Waals surface area contributed by atoms with Crippen molar-refractivity contribution in [1.82, 2.24) is 0 Å². The van der Waals surface area contributed by atoms with Crippen LogP contribution in [0, 0.1) is 6.42 Å². The summed E-state index contributed by atoms with van der Waals surface area (Å²) >= 11 is 0. The first kappa shape index (κ1) is 4.97. The second-order valence-electron chi connectivity index (χ2n) is 1.40. The maximum absolute atomic E-state index is 10.3. The number of rotatable bonds is 1. The molecule has 0 aromatic rings. The number of hydrogen-bond acceptors (Lipinski definition) is 1. The molecule has 0 bridgehead atoms. The van der Waals surface area contributed by atoms with Crippen molar-refractivity contribution in [2.24, 2.45) is 0 Å². The minimum absolute atomic E-state index is 0.282. The molecule has 40 valence electrons. The van der Waals surface area contributed by atoms with Crippen molar-refractivity contribution in [2.75, 3.05) is 0 Å². The average molecular weight is 109 g/mol. The maximum Gasteiger partial charge on any atom is 0.478 e. The lowest BCUT2D eigenvalue weighted by molar-refractivity contribution is -0.417. The Kier molecular flexibility index (Phi) is 1.08. The zero-order valence-electron chi connectivity index (χ0n) is 4.26. The van der Waals surface area contributed by atoms with Crippen LogP contribution >= 0.6 is 0 Å². The summed E-state index contributed by atoms with van der Waals surface area (Å²) in [4.78, 5) is 0. The minimum Gasteiger partial charge on any atom is -0.851 e. The fourth-order valence-electron chi connectivity index (χ4n) is 0.437. The molecule has 0 aromatic heterocycles. The van der Waals surface area contributed by atoms with E-state index in [1.165, 1.54) is 6.29 Å². The lowest BCUT2D eigenvalue weighted by Gasteiger charge is -1.87. The maximum atomic E-state index is 10.3. The fraction of sp³-hybridized carbons (Fsp3) is 0. The summed E-state index contributed by atoms with van der Waals surface area (Å²) in [5.74, 6) is 0.0278. The first-order chi connectivity index (χ1) is 3.80. The van der Waals surface area contributed by atoms with E-state index >= 15 is 0 Å². The van der Waals surface area contributed by atoms with Gasteiger partial charge in [-0.2, -0.15) is 0 Å². The Morgan fingerprint density at radius 3 is 2.88 bits per heavy atom. The predicted octanol–water partition coefficient (Wildman–Crippen LogP) is -0.303. The molecule has 0 aromatic carbocycles. The van der Waals surface area contributed by atoms with Gasteiger partial charge in [-0.3, -0.25) is 0 Å². The van der Waals surface area contributed by atoms with Crippen LogP contribution in [0.1, 0.15) is 0 Å². The Hall–Kier alpha value is -1.18. The Labute approximate surface area is 47.5 Å². The molecule has 0 aliphatic carbocycles. The third-order valence-corrected chi connectivity index (χ3v) is 0.796. The third-order valence-electron chi connectivity index (χ3n) is 0.796. The summed E-state index contributed by atoms with van der Waals surface area (Å²) in [5, 5.41) is 10.3. The Morgan fingerprint density at radius 1 is 1.88 bits per heavy atom. The van der Waals surface area contributed by atoms with Gasteiger partial charge in [0.2, 0.25) is 6.08 Å². The summed E-state index contributed by atoms with van der Waals surface area (Å²) in [6, 6.07) is 0. The van der Waals surface area contributed by atoms with Crippen molar-refractivity contribution in [3.63, 3.8) is 0 Å². The van der Waals surface area contributed by atoms with Gasteiger partial charge in [0.15, 0.2) is 6.42 Å². The summed E-state index contributed by atoms with van der Waals surface area (Å²) < 4.78 is 4.68. The van der Waals surface area contributed by atoms with E-state index < -0.39 is 0 Å². The largest absolute Gasteiger partial charge is 0.851 e. The van der Waals surface area contributed by atoms with E-state index in [1.54, 1.807) is 12.5 Å². The topological polar surface area (TPSA) is 34.4 Å². The second kappa shape index (κ2) is 1.74. The molecule has 0 saturated heterocycles. The van der Waals surface area contributed by atoms with E-state index in [0.717, 1.165) is 0 Å². The molecule has 0 fully saturated rings. The highest BCUT2D eigenvalue weighted by Gasteiger charge is 2.21. The van der Waals surface area contributed by atoms with Gasteiger partial charge in [-0.05, 0) is 0 Å². The molecule has 2 nitrogen and oxygen atoms in total. The van der Waals surface area contributed by atoms with Crippen molar-refractivity contribution < 1.29 is 9.53 Å². The van der Waals surface area contributed by atoms with Crippen molar-refractivity contribution in [1.29, 1.82) is 0 Å². The zero-order valence-corrected chi connectivity index (χ0v) is 4.26. The van der Waals surface area contributed by atoms with E-state index in [2.05, 4.69) is 11.0 Å². The molecule has 8 heavy (non-hydrogen) atoms. The zero-order chi connectivity index (χ0) is 5.98. The molecule has 1 rings (SSSR count). The van der Waals surface area contributed by atoms with Crippen LogP contribution in [0.15, 0.2) is 24.2 Å². The number of hydrogen-bond donors (Lipinski definition) is 0. The lowest BCUT2D eigenvalue weighted by atomic mass is 10.4. The summed E-state index contributed by atoms with van der Waals surface area (Å²) in [6.45, 7) is 3.15. The van der Waals surface area contributed by atoms with Gasteiger partial charge < -0.3 is 5.11 Å². The molecule has 0 amide bonds. The number of allylic oxidation sites excluding steroid dienone is 1. The molecule has 0 N–H and O–H groups in total. The van der Waals surface area contributed by atoms with Crippen molar-refractivity contribution >= 4 is 6.29 Å². The van der Waals surface area contributed by atoms with E-state index in [4.69, 9.17) is 0 Å². The number of aldehydes is 1. The van der Waals surface area contributed by atoms with Gasteiger partial charge in [0, 0.05) is 0 Å². The summed E-state index contributed by atoms with van der Waals surface area (Å²) in [6.07, 6.45) is 4.67. The normalized spacial score (nSPS) is 15.2. The molecule has 0 unspecified atom stereocenters. The highest BCUT2D eigenvalue weighted by molar-refractivity contribution is 5.68. The van der Waals surface area contributed by atoms with E-state index in [-0.39, 0.29) is 5.76 Å². The molecule has 2 heteroatoms. The molecular formula is C6H5O2+. The van der Waals surface area contributed by atoms with Crippen LogP contribution < -0.4 is 5.11 Å². The van der Waals surface area contributed by atoms with Crippen LogP contribution in [0.25, 0.3) is 0 Å². The van der Waals surface area contributed by atoms with Gasteiger partial charge in [-0.1, -0.05) is 6.58 Å². The molecule has 0 radical (unpaired) electrons. The van der Waals surface area contributed by atoms with Crippen LogP contribution in [0.2, 0.25) is 0 Å². The van der Waals surface area contributed by atoms with Crippen molar-refractivity contribution in [3.05, 3.63) is 30.6 Å². The van der Waals surface area contributed by atoms with Crippen molar-refractivity contribution in [3.8, 4) is 0 Å². The average Bonchev–Trinajstić information content (AvgIpc) is 2.12. The number of carbonyl (C=O) groups excluding carboxylic acids is 1. The highest BCUT2D eigenvalue weighted by atomic mass is 16.4. The molecule has 1 aliphatic heterocycles. The van der Waals surface area contributed by atoms with Crippen LogP contribution in [-0.2, 0) is 4.42 Å². The predicted molar refractivity (Wildman–Crippen MR) is 27.6 cm³/mol. The van der Waals surface area contributed by atoms with Gasteiger partial charge in [0.25, 0.3) is 0 Å². The molecule has 1 heterocycles. The first-order valence-corrected chi connectivity index (χ1v) is 2.20. The van der Waals surface area contributed by atoms with Crippen molar-refractivity contribution in [2.45, 2.75) is 0 Å². The Balaban J connectivity index is 2.72. The van der Waals surface area contributed by atoms with Crippen LogP contribution in [0.4, 0.5) is 0 Å². The highest BCUT2D eigenvalue weighted by Crippen LogP contribution is 2.03. The minimum atomic E-state index is -0.282. The second-order valence-corrected chi connectivity index (χ2v) is 1.40. The van der Waals surface area contributed by atoms with Gasteiger partial charge in [0.05, 0.1) is 5.76 Å². The van der Waals surface area contributed by atoms with Crippen LogP contribution in [-0.4, -0.2) is 6.29 Å². The first-order valence-electron chi connectivity index (χ1n) is 2.20. The SMILES string of the molecule is C=C([O-])C1=C[CH+]C=[O+]1. The van der Waals surface area contributed by atoms with E-state index in [9.17, 15) is 5.11 Å². The van der Waals surface area contributed by atoms with E-state index in [0.29, 0.717) is 5.76 Å². The fourth-order valence-corrected chi connectivity index (χ4v) is 0.437. The van der Waals surface area contributed by atoms with Crippen LogP contribution in [0.5, 0.6) is 0 Å². The monoisotopic (exact) mass is 109 g/mol. The quantitative estimate of drug-likeness (QED) is 0.197. The molecular weight excluding hydrogens is 104 g/mol.